The molecule has 4 aliphatic rings. The number of hydrogen-bond donors (Lipinski definition) is 1. The number of nitrogens with zero attached hydrogens (tertiary/aromatic N) is 6. The average molecular weight is 760 g/mol. The maximum Gasteiger partial charge on any atom is 0.320 e. The maximum absolute atomic E-state index is 15.0. The van der Waals surface area contributed by atoms with Gasteiger partial charge in [-0.1, -0.05) is 36.7 Å². The summed E-state index contributed by atoms with van der Waals surface area (Å²) in [4.78, 5) is 25.5. The van der Waals surface area contributed by atoms with E-state index in [0.717, 1.165) is 61.7 Å². The van der Waals surface area contributed by atoms with E-state index in [-0.39, 0.29) is 35.0 Å². The highest BCUT2D eigenvalue weighted by Crippen LogP contribution is 2.47. The maximum atomic E-state index is 15.0. The van der Waals surface area contributed by atoms with Crippen LogP contribution < -0.4 is 19.1 Å². The minimum Gasteiger partial charge on any atom is -0.490 e. The van der Waals surface area contributed by atoms with Crippen molar-refractivity contribution in [2.75, 3.05) is 49.3 Å². The molecule has 2 bridgehead atoms. The van der Waals surface area contributed by atoms with Gasteiger partial charge in [0.25, 0.3) is 5.91 Å². The molecule has 2 aliphatic heterocycles. The molecule has 14 heteroatoms. The summed E-state index contributed by atoms with van der Waals surface area (Å²) in [6.07, 6.45) is 11.8. The third-order valence-corrected chi connectivity index (χ3v) is 13.7. The van der Waals surface area contributed by atoms with Crippen molar-refractivity contribution >= 4 is 50.0 Å². The fraction of sp³-hybridized carbons (Fsp3) is 0.487. The van der Waals surface area contributed by atoms with E-state index < -0.39 is 15.8 Å². The van der Waals surface area contributed by atoms with Gasteiger partial charge in [0, 0.05) is 49.4 Å². The number of carbonyl (C=O) groups is 1. The summed E-state index contributed by atoms with van der Waals surface area (Å²) >= 11 is 6.48. The molecule has 8 rings (SSSR count). The molecule has 0 radical (unpaired) electrons. The van der Waals surface area contributed by atoms with Crippen molar-refractivity contribution in [1.82, 2.24) is 19.7 Å². The summed E-state index contributed by atoms with van der Waals surface area (Å²) in [6.45, 7) is 4.04. The van der Waals surface area contributed by atoms with Crippen LogP contribution in [0.1, 0.15) is 60.5 Å². The zero-order valence-corrected chi connectivity index (χ0v) is 32.2. The van der Waals surface area contributed by atoms with Gasteiger partial charge in [-0.15, -0.1) is 4.36 Å². The van der Waals surface area contributed by atoms with Crippen LogP contribution in [0.25, 0.3) is 11.0 Å². The van der Waals surface area contributed by atoms with Crippen molar-refractivity contribution in [2.24, 2.45) is 29.2 Å². The fourth-order valence-electron chi connectivity index (χ4n) is 8.69. The highest BCUT2D eigenvalue weighted by molar-refractivity contribution is 7.95. The Balaban J connectivity index is 1.23. The van der Waals surface area contributed by atoms with Gasteiger partial charge in [0.1, 0.15) is 15.7 Å². The number of halogens is 1. The molecule has 4 aromatic rings. The smallest absolute Gasteiger partial charge is 0.320 e. The lowest BCUT2D eigenvalue weighted by molar-refractivity contribution is 0.0131. The predicted octanol–water partition coefficient (Wildman–Crippen LogP) is 6.77. The number of fused-ring (bicyclic) bond motifs is 5. The fourth-order valence-corrected chi connectivity index (χ4v) is 10.8. The van der Waals surface area contributed by atoms with E-state index in [2.05, 4.69) is 53.3 Å². The second-order valence-corrected chi connectivity index (χ2v) is 17.6. The van der Waals surface area contributed by atoms with E-state index >= 15 is 0 Å². The predicted molar refractivity (Wildman–Crippen MR) is 206 cm³/mol. The van der Waals surface area contributed by atoms with E-state index in [1.54, 1.807) is 31.1 Å². The standard InChI is InChI=1S/C39H46ClN7O5S/c1-24-7-5-9-33(50-3)29-13-10-27(29)19-47-22-39(16-6-8-25-17-28(40)12-14-31(25)39)23-52-34-15-11-26(18-32(34)47)37(48)45-53(49,21-24)44-36-30-20-46(2)43-35(30)41-38(42-36)51-4/h5,9,11-12,14-15,17-18,20,24,27,29,33H,6-8,10,13,16,19,21-23H2,1-4H3,(H,41,42,43,44,45,48,49)/b9-5+/t24-,27-,29+,33-,39-,53+/m0/s1. The number of nitrogens with one attached hydrogen (secondary N) is 1. The summed E-state index contributed by atoms with van der Waals surface area (Å²) in [7, 11) is 1.57. The molecule has 1 saturated carbocycles. The highest BCUT2D eigenvalue weighted by Gasteiger charge is 2.44. The zero-order valence-electron chi connectivity index (χ0n) is 30.6. The number of aryl methyl sites for hydroxylation is 2. The number of amides is 1. The average Bonchev–Trinajstić information content (AvgIpc) is 3.43. The number of ether oxygens (including phenoxy) is 3. The van der Waals surface area contributed by atoms with E-state index in [9.17, 15) is 9.00 Å². The molecule has 6 atom stereocenters. The molecular formula is C39H46ClN7O5S. The van der Waals surface area contributed by atoms with Crippen LogP contribution in [0.2, 0.25) is 5.02 Å². The molecule has 53 heavy (non-hydrogen) atoms. The number of methoxy groups -OCH3 is 2. The molecule has 2 aromatic heterocycles. The van der Waals surface area contributed by atoms with Crippen LogP contribution in [0.15, 0.2) is 59.1 Å². The summed E-state index contributed by atoms with van der Waals surface area (Å²) in [6, 6.07) is 11.8. The second-order valence-electron chi connectivity index (χ2n) is 15.2. The lowest BCUT2D eigenvalue weighted by atomic mass is 9.68. The van der Waals surface area contributed by atoms with E-state index in [1.165, 1.54) is 18.2 Å². The normalized spacial score (nSPS) is 29.2. The lowest BCUT2D eigenvalue weighted by Crippen LogP contribution is -2.49. The summed E-state index contributed by atoms with van der Waals surface area (Å²) < 4.78 is 42.2. The van der Waals surface area contributed by atoms with Gasteiger partial charge in [0.05, 0.1) is 36.6 Å². The Bertz CT molecular complexity index is 2220. The Kier molecular flexibility index (Phi) is 9.61. The molecule has 12 nitrogen and oxygen atoms in total. The van der Waals surface area contributed by atoms with Crippen LogP contribution in [-0.2, 0) is 33.5 Å². The van der Waals surface area contributed by atoms with Crippen molar-refractivity contribution in [3.8, 4) is 11.8 Å². The van der Waals surface area contributed by atoms with E-state index in [0.29, 0.717) is 41.5 Å². The first-order valence-electron chi connectivity index (χ1n) is 18.4. The molecule has 0 unspecified atom stereocenters. The van der Waals surface area contributed by atoms with E-state index in [4.69, 9.17) is 25.8 Å². The van der Waals surface area contributed by atoms with Crippen molar-refractivity contribution in [3.63, 3.8) is 0 Å². The first kappa shape index (κ1) is 35.8. The number of carbonyl (C=O) groups excluding carboxylic acids is 1. The molecule has 280 valence electrons. The summed E-state index contributed by atoms with van der Waals surface area (Å²) in [5.74, 6) is 1.11. The quantitative estimate of drug-likeness (QED) is 0.224. The van der Waals surface area contributed by atoms with Crippen LogP contribution in [0.4, 0.5) is 11.5 Å². The topological polar surface area (TPSA) is 133 Å². The number of benzene rings is 2. The van der Waals surface area contributed by atoms with Gasteiger partial charge in [-0.25, -0.2) is 4.21 Å². The number of allylic oxidation sites excluding steroid dienone is 1. The van der Waals surface area contributed by atoms with Gasteiger partial charge in [-0.2, -0.15) is 15.1 Å². The number of rotatable bonds is 4. The second kappa shape index (κ2) is 14.2. The largest absolute Gasteiger partial charge is 0.490 e. The lowest BCUT2D eigenvalue weighted by Gasteiger charge is -2.46. The number of anilines is 2. The number of aromatic nitrogens is 4. The van der Waals surface area contributed by atoms with Crippen LogP contribution >= 0.6 is 11.6 Å². The molecule has 1 N–H and O–H groups in total. The van der Waals surface area contributed by atoms with Crippen molar-refractivity contribution in [1.29, 1.82) is 0 Å². The Morgan fingerprint density at radius 3 is 2.79 bits per heavy atom. The summed E-state index contributed by atoms with van der Waals surface area (Å²) in [5, 5.41) is 5.67. The monoisotopic (exact) mass is 759 g/mol. The Morgan fingerprint density at radius 1 is 1.13 bits per heavy atom. The molecule has 1 amide bonds. The zero-order chi connectivity index (χ0) is 36.9. The molecule has 4 heterocycles. The molecule has 2 aromatic carbocycles. The van der Waals surface area contributed by atoms with Gasteiger partial charge in [0.2, 0.25) is 0 Å². The van der Waals surface area contributed by atoms with Crippen LogP contribution in [-0.4, -0.2) is 75.6 Å². The van der Waals surface area contributed by atoms with Gasteiger partial charge in [-0.3, -0.25) is 14.2 Å². The Labute approximate surface area is 315 Å². The molecule has 0 saturated heterocycles. The van der Waals surface area contributed by atoms with E-state index in [1.807, 2.05) is 25.1 Å². The van der Waals surface area contributed by atoms with Crippen molar-refractivity contribution in [2.45, 2.75) is 57.0 Å². The van der Waals surface area contributed by atoms with Crippen LogP contribution in [0.3, 0.4) is 0 Å². The molecule has 2 aliphatic carbocycles. The first-order valence-corrected chi connectivity index (χ1v) is 20.4. The SMILES string of the molecule is COc1nc(N[S@@]2(=O)=NC(=O)c3ccc4c(c3)N(C[C@@H]3CC[C@H]3[C@@H](OC)/C=C/C[C@H](C)C2)C[C@@]2(CCCc3cc(Cl)ccc32)CO4)c2cn(C)nc2n1. The highest BCUT2D eigenvalue weighted by atomic mass is 35.5. The minimum absolute atomic E-state index is 0.0458. The first-order chi connectivity index (χ1) is 25.5. The van der Waals surface area contributed by atoms with Crippen LogP contribution in [0, 0.1) is 17.8 Å². The Morgan fingerprint density at radius 2 is 2.00 bits per heavy atom. The Hall–Kier alpha value is -4.20. The van der Waals surface area contributed by atoms with Gasteiger partial charge >= 0.3 is 6.01 Å². The third kappa shape index (κ3) is 6.99. The third-order valence-electron chi connectivity index (χ3n) is 11.4. The molecule has 1 spiro atoms. The van der Waals surface area contributed by atoms with Crippen LogP contribution in [0.5, 0.6) is 11.8 Å². The number of hydrogen-bond acceptors (Lipinski definition) is 9. The van der Waals surface area contributed by atoms with Gasteiger partial charge in [-0.05, 0) is 97.7 Å². The molecule has 1 fully saturated rings. The minimum atomic E-state index is -3.43. The van der Waals surface area contributed by atoms with Gasteiger partial charge in [0.15, 0.2) is 11.5 Å². The van der Waals surface area contributed by atoms with Crippen molar-refractivity contribution in [3.05, 3.63) is 76.5 Å². The summed E-state index contributed by atoms with van der Waals surface area (Å²) in [5.41, 5.74) is 3.85. The van der Waals surface area contributed by atoms with Gasteiger partial charge < -0.3 is 19.1 Å². The van der Waals surface area contributed by atoms with Crippen molar-refractivity contribution < 1.29 is 23.2 Å². The molecular weight excluding hydrogens is 714 g/mol.